The highest BCUT2D eigenvalue weighted by molar-refractivity contribution is 7.99. The number of aromatic nitrogens is 3. The van der Waals surface area contributed by atoms with Crippen LogP contribution in [-0.2, 0) is 31.1 Å². The normalized spacial score (nSPS) is 13.3. The van der Waals surface area contributed by atoms with Gasteiger partial charge in [-0.05, 0) is 48.9 Å². The van der Waals surface area contributed by atoms with Gasteiger partial charge in [0.1, 0.15) is 16.9 Å². The fourth-order valence-corrected chi connectivity index (χ4v) is 5.76. The third-order valence-corrected chi connectivity index (χ3v) is 7.80. The van der Waals surface area contributed by atoms with E-state index in [1.165, 1.54) is 23.1 Å². The summed E-state index contributed by atoms with van der Waals surface area (Å²) >= 11 is 8.83. The largest absolute Gasteiger partial charge is 0.316 e. The second kappa shape index (κ2) is 9.86. The van der Waals surface area contributed by atoms with E-state index in [0.717, 1.165) is 42.6 Å². The van der Waals surface area contributed by atoms with Crippen LogP contribution in [-0.4, -0.2) is 26.4 Å². The number of nitrogens with one attached hydrogen (secondary N) is 1. The Morgan fingerprint density at radius 2 is 2.03 bits per heavy atom. The summed E-state index contributed by atoms with van der Waals surface area (Å²) in [7, 11) is 1.90. The molecule has 31 heavy (non-hydrogen) atoms. The quantitative estimate of drug-likeness (QED) is 0.404. The third-order valence-electron chi connectivity index (χ3n) is 5.32. The van der Waals surface area contributed by atoms with Gasteiger partial charge >= 0.3 is 0 Å². The van der Waals surface area contributed by atoms with Crippen molar-refractivity contribution < 1.29 is 4.79 Å². The van der Waals surface area contributed by atoms with Crippen molar-refractivity contribution in [3.05, 3.63) is 56.7 Å². The average Bonchev–Trinajstić information content (AvgIpc) is 3.17. The molecule has 1 aliphatic rings. The SMILES string of the molecule is Cn1c(Cc2ccc(Cl)cc2)nnc1SCC(=O)Nc1sc2c(c1C#N)CCCCC2. The molecular formula is C22H22ClN5OS2. The monoisotopic (exact) mass is 471 g/mol. The van der Waals surface area contributed by atoms with Crippen LogP contribution in [0.25, 0.3) is 0 Å². The van der Waals surface area contributed by atoms with Crippen LogP contribution in [0.15, 0.2) is 29.4 Å². The minimum Gasteiger partial charge on any atom is -0.316 e. The lowest BCUT2D eigenvalue weighted by Gasteiger charge is -2.05. The molecule has 1 N–H and O–H groups in total. The number of aryl methyl sites for hydroxylation is 1. The Morgan fingerprint density at radius 1 is 1.26 bits per heavy atom. The number of anilines is 1. The molecule has 0 radical (unpaired) electrons. The van der Waals surface area contributed by atoms with Crippen LogP contribution < -0.4 is 5.32 Å². The molecule has 2 aromatic heterocycles. The summed E-state index contributed by atoms with van der Waals surface area (Å²) in [6.07, 6.45) is 6.00. The fraction of sp³-hybridized carbons (Fsp3) is 0.364. The van der Waals surface area contributed by atoms with Gasteiger partial charge in [0.2, 0.25) is 5.91 Å². The van der Waals surface area contributed by atoms with E-state index in [1.54, 1.807) is 11.3 Å². The predicted octanol–water partition coefficient (Wildman–Crippen LogP) is 4.99. The molecule has 1 amide bonds. The molecule has 0 spiro atoms. The van der Waals surface area contributed by atoms with Gasteiger partial charge in [-0.25, -0.2) is 0 Å². The van der Waals surface area contributed by atoms with E-state index >= 15 is 0 Å². The van der Waals surface area contributed by atoms with Crippen molar-refractivity contribution in [2.75, 3.05) is 11.1 Å². The van der Waals surface area contributed by atoms with Crippen LogP contribution >= 0.6 is 34.7 Å². The number of amides is 1. The first-order valence-corrected chi connectivity index (χ1v) is 12.3. The van der Waals surface area contributed by atoms with Gasteiger partial charge in [-0.15, -0.1) is 21.5 Å². The Morgan fingerprint density at radius 3 is 2.81 bits per heavy atom. The molecule has 0 saturated carbocycles. The van der Waals surface area contributed by atoms with E-state index < -0.39 is 0 Å². The van der Waals surface area contributed by atoms with Gasteiger partial charge in [0.25, 0.3) is 0 Å². The number of hydrogen-bond acceptors (Lipinski definition) is 6. The Bertz CT molecular complexity index is 1130. The van der Waals surface area contributed by atoms with E-state index in [4.69, 9.17) is 11.6 Å². The Balaban J connectivity index is 1.38. The maximum atomic E-state index is 12.6. The molecule has 160 valence electrons. The summed E-state index contributed by atoms with van der Waals surface area (Å²) in [5.74, 6) is 0.888. The Hall–Kier alpha value is -2.34. The molecule has 0 saturated heterocycles. The maximum absolute atomic E-state index is 12.6. The third kappa shape index (κ3) is 5.12. The molecule has 1 aromatic carbocycles. The van der Waals surface area contributed by atoms with Crippen LogP contribution in [0.4, 0.5) is 5.00 Å². The van der Waals surface area contributed by atoms with Gasteiger partial charge in [0, 0.05) is 23.4 Å². The van der Waals surface area contributed by atoms with Gasteiger partial charge in [-0.3, -0.25) is 4.79 Å². The zero-order valence-corrected chi connectivity index (χ0v) is 19.5. The van der Waals surface area contributed by atoms with Gasteiger partial charge in [0.05, 0.1) is 11.3 Å². The highest BCUT2D eigenvalue weighted by Gasteiger charge is 2.21. The van der Waals surface area contributed by atoms with E-state index in [0.29, 0.717) is 27.2 Å². The zero-order valence-electron chi connectivity index (χ0n) is 17.2. The van der Waals surface area contributed by atoms with Crippen LogP contribution in [0.2, 0.25) is 5.02 Å². The van der Waals surface area contributed by atoms with Gasteiger partial charge in [0.15, 0.2) is 5.16 Å². The molecule has 0 atom stereocenters. The zero-order chi connectivity index (χ0) is 21.8. The van der Waals surface area contributed by atoms with Gasteiger partial charge < -0.3 is 9.88 Å². The average molecular weight is 472 g/mol. The number of fused-ring (bicyclic) bond motifs is 1. The summed E-state index contributed by atoms with van der Waals surface area (Å²) in [6.45, 7) is 0. The van der Waals surface area contributed by atoms with E-state index in [-0.39, 0.29) is 11.7 Å². The summed E-state index contributed by atoms with van der Waals surface area (Å²) in [6, 6.07) is 9.94. The van der Waals surface area contributed by atoms with Crippen LogP contribution in [0.1, 0.15) is 46.7 Å². The number of thioether (sulfide) groups is 1. The number of nitriles is 1. The van der Waals surface area contributed by atoms with Crippen molar-refractivity contribution in [3.8, 4) is 6.07 Å². The smallest absolute Gasteiger partial charge is 0.235 e. The molecule has 0 unspecified atom stereocenters. The number of halogens is 1. The van der Waals surface area contributed by atoms with E-state index in [1.807, 2.05) is 35.9 Å². The van der Waals surface area contributed by atoms with Crippen molar-refractivity contribution in [2.45, 2.75) is 43.7 Å². The molecule has 6 nitrogen and oxygen atoms in total. The molecule has 0 bridgehead atoms. The molecular weight excluding hydrogens is 450 g/mol. The molecule has 2 heterocycles. The van der Waals surface area contributed by atoms with Crippen molar-refractivity contribution in [1.29, 1.82) is 5.26 Å². The highest BCUT2D eigenvalue weighted by Crippen LogP contribution is 2.37. The molecule has 3 aromatic rings. The van der Waals surface area contributed by atoms with Crippen LogP contribution in [0.3, 0.4) is 0 Å². The van der Waals surface area contributed by atoms with Gasteiger partial charge in [-0.2, -0.15) is 5.26 Å². The minimum absolute atomic E-state index is 0.139. The second-order valence-electron chi connectivity index (χ2n) is 7.48. The summed E-state index contributed by atoms with van der Waals surface area (Å²) in [4.78, 5) is 13.8. The number of benzene rings is 1. The fourth-order valence-electron chi connectivity index (χ4n) is 3.65. The lowest BCUT2D eigenvalue weighted by atomic mass is 10.1. The molecule has 4 rings (SSSR count). The van der Waals surface area contributed by atoms with Crippen LogP contribution in [0, 0.1) is 11.3 Å². The van der Waals surface area contributed by atoms with E-state index in [2.05, 4.69) is 21.6 Å². The second-order valence-corrected chi connectivity index (χ2v) is 9.96. The first kappa shape index (κ1) is 21.9. The van der Waals surface area contributed by atoms with E-state index in [9.17, 15) is 10.1 Å². The van der Waals surface area contributed by atoms with Crippen LogP contribution in [0.5, 0.6) is 0 Å². The minimum atomic E-state index is -0.139. The molecule has 9 heteroatoms. The predicted molar refractivity (Wildman–Crippen MR) is 125 cm³/mol. The Kier molecular flexibility index (Phi) is 6.96. The maximum Gasteiger partial charge on any atom is 0.235 e. The van der Waals surface area contributed by atoms with Crippen molar-refractivity contribution >= 4 is 45.6 Å². The number of carbonyl (C=O) groups excluding carboxylic acids is 1. The first-order valence-electron chi connectivity index (χ1n) is 10.1. The lowest BCUT2D eigenvalue weighted by Crippen LogP contribution is -2.14. The lowest BCUT2D eigenvalue weighted by molar-refractivity contribution is -0.113. The molecule has 0 fully saturated rings. The summed E-state index contributed by atoms with van der Waals surface area (Å²) in [5, 5.41) is 23.1. The standard InChI is InChI=1S/C22H22ClN5OS2/c1-28-19(11-14-7-9-15(23)10-8-14)26-27-22(28)30-13-20(29)25-21-17(12-24)16-5-3-2-4-6-18(16)31-21/h7-10H,2-6,11,13H2,1H3,(H,25,29). The number of thiophene rings is 1. The highest BCUT2D eigenvalue weighted by atomic mass is 35.5. The van der Waals surface area contributed by atoms with Crippen molar-refractivity contribution in [2.24, 2.45) is 7.05 Å². The Labute approximate surface area is 194 Å². The number of hydrogen-bond donors (Lipinski definition) is 1. The molecule has 1 aliphatic carbocycles. The number of carbonyl (C=O) groups is 1. The summed E-state index contributed by atoms with van der Waals surface area (Å²) in [5.41, 5.74) is 2.87. The number of rotatable bonds is 6. The molecule has 0 aliphatic heterocycles. The van der Waals surface area contributed by atoms with Gasteiger partial charge in [-0.1, -0.05) is 41.9 Å². The van der Waals surface area contributed by atoms with Crippen molar-refractivity contribution in [3.63, 3.8) is 0 Å². The summed E-state index contributed by atoms with van der Waals surface area (Å²) < 4.78 is 1.90. The first-order chi connectivity index (χ1) is 15.0. The van der Waals surface area contributed by atoms with Crippen molar-refractivity contribution in [1.82, 2.24) is 14.8 Å². The number of nitrogens with zero attached hydrogens (tertiary/aromatic N) is 4. The topological polar surface area (TPSA) is 83.6 Å².